The van der Waals surface area contributed by atoms with Crippen molar-refractivity contribution < 1.29 is 8.78 Å². The maximum absolute atomic E-state index is 11.7. The van der Waals surface area contributed by atoms with Crippen molar-refractivity contribution in [2.24, 2.45) is 0 Å². The van der Waals surface area contributed by atoms with Crippen molar-refractivity contribution in [1.82, 2.24) is 0 Å². The first-order valence-corrected chi connectivity index (χ1v) is 2.20. The molecular weight excluding hydrogens is 98.1 g/mol. The van der Waals surface area contributed by atoms with Crippen molar-refractivity contribution >= 4 is 0 Å². The minimum absolute atomic E-state index is 0.0104. The van der Waals surface area contributed by atoms with Crippen molar-refractivity contribution in [1.29, 1.82) is 0 Å². The normalized spacial score (nSPS) is 31.0. The van der Waals surface area contributed by atoms with E-state index in [2.05, 4.69) is 0 Å². The summed E-state index contributed by atoms with van der Waals surface area (Å²) in [6, 6.07) is 0. The van der Waals surface area contributed by atoms with Crippen LogP contribution in [0.15, 0.2) is 11.6 Å². The first-order chi connectivity index (χ1) is 3.17. The smallest absolute Gasteiger partial charge is 0.201 e. The van der Waals surface area contributed by atoms with Crippen molar-refractivity contribution in [3.05, 3.63) is 11.6 Å². The molecule has 0 radical (unpaired) electrons. The van der Waals surface area contributed by atoms with Crippen LogP contribution in [0.2, 0.25) is 0 Å². The van der Waals surface area contributed by atoms with Gasteiger partial charge in [0, 0.05) is 12.0 Å². The molecule has 0 aromatic rings. The van der Waals surface area contributed by atoms with Gasteiger partial charge in [0.15, 0.2) is 0 Å². The van der Waals surface area contributed by atoms with Crippen molar-refractivity contribution in [3.63, 3.8) is 0 Å². The molecule has 0 amide bonds. The highest BCUT2D eigenvalue weighted by Gasteiger charge is 2.49. The number of allylic oxidation sites excluding steroid dienone is 2. The molecule has 2 heteroatoms. The average molecular weight is 104 g/mol. The van der Waals surface area contributed by atoms with Crippen LogP contribution in [0, 0.1) is 0 Å². The first kappa shape index (κ1) is 4.75. The summed E-state index contributed by atoms with van der Waals surface area (Å²) in [5.41, 5.74) is 0.285. The molecule has 1 aliphatic carbocycles. The summed E-state index contributed by atoms with van der Waals surface area (Å²) in [5, 5.41) is 0. The largest absolute Gasteiger partial charge is 0.273 e. The van der Waals surface area contributed by atoms with E-state index >= 15 is 0 Å². The molecule has 0 aromatic carbocycles. The van der Waals surface area contributed by atoms with Gasteiger partial charge < -0.3 is 0 Å². The Labute approximate surface area is 40.8 Å². The molecule has 0 saturated heterocycles. The Balaban J connectivity index is 2.61. The summed E-state index contributed by atoms with van der Waals surface area (Å²) in [4.78, 5) is 0. The van der Waals surface area contributed by atoms with Gasteiger partial charge in [0.1, 0.15) is 0 Å². The van der Waals surface area contributed by atoms with E-state index in [-0.39, 0.29) is 12.0 Å². The van der Waals surface area contributed by atoms with Crippen LogP contribution in [0.3, 0.4) is 0 Å². The van der Waals surface area contributed by atoms with Gasteiger partial charge in [-0.05, 0) is 6.92 Å². The fraction of sp³-hybridized carbons (Fsp3) is 0.600. The van der Waals surface area contributed by atoms with Crippen LogP contribution in [-0.2, 0) is 0 Å². The summed E-state index contributed by atoms with van der Waals surface area (Å²) < 4.78 is 23.5. The molecule has 0 atom stereocenters. The lowest BCUT2D eigenvalue weighted by atomic mass is 10.5. The lowest BCUT2D eigenvalue weighted by Crippen LogP contribution is -1.82. The molecule has 0 N–H and O–H groups in total. The lowest BCUT2D eigenvalue weighted by molar-refractivity contribution is 0.136. The molecule has 1 fully saturated rings. The van der Waals surface area contributed by atoms with E-state index in [0.29, 0.717) is 0 Å². The topological polar surface area (TPSA) is 0 Å². The molecular formula is C5H6F2. The van der Waals surface area contributed by atoms with Crippen LogP contribution in [0.4, 0.5) is 8.78 Å². The van der Waals surface area contributed by atoms with Gasteiger partial charge in [-0.25, -0.2) is 8.78 Å². The summed E-state index contributed by atoms with van der Waals surface area (Å²) in [7, 11) is 0. The number of halogens is 2. The molecule has 1 saturated carbocycles. The van der Waals surface area contributed by atoms with Gasteiger partial charge in [0.2, 0.25) is 0 Å². The van der Waals surface area contributed by atoms with Crippen LogP contribution < -0.4 is 0 Å². The Morgan fingerprint density at radius 2 is 2.14 bits per heavy atom. The summed E-state index contributed by atoms with van der Waals surface area (Å²) in [6.45, 7) is 1.64. The zero-order chi connectivity index (χ0) is 5.49. The van der Waals surface area contributed by atoms with E-state index in [1.165, 1.54) is 6.08 Å². The Bertz CT molecular complexity index is 113. The van der Waals surface area contributed by atoms with E-state index < -0.39 is 5.92 Å². The minimum atomic E-state index is -2.42. The van der Waals surface area contributed by atoms with Gasteiger partial charge >= 0.3 is 0 Å². The van der Waals surface area contributed by atoms with E-state index in [1.54, 1.807) is 6.92 Å². The van der Waals surface area contributed by atoms with Crippen molar-refractivity contribution in [3.8, 4) is 0 Å². The third kappa shape index (κ3) is 0.646. The van der Waals surface area contributed by atoms with Crippen molar-refractivity contribution in [2.45, 2.75) is 19.3 Å². The van der Waals surface area contributed by atoms with E-state index in [4.69, 9.17) is 0 Å². The van der Waals surface area contributed by atoms with E-state index in [1.807, 2.05) is 0 Å². The fourth-order valence-electron chi connectivity index (χ4n) is 0.508. The zero-order valence-electron chi connectivity index (χ0n) is 4.04. The SMILES string of the molecule is C/C=C1/CC1(F)F. The number of rotatable bonds is 0. The molecule has 40 valence electrons. The van der Waals surface area contributed by atoms with Gasteiger partial charge in [-0.15, -0.1) is 0 Å². The second kappa shape index (κ2) is 1.05. The first-order valence-electron chi connectivity index (χ1n) is 2.20. The summed E-state index contributed by atoms with van der Waals surface area (Å²) in [6.07, 6.45) is 1.46. The molecule has 1 aliphatic rings. The van der Waals surface area contributed by atoms with Gasteiger partial charge in [0.25, 0.3) is 5.92 Å². The second-order valence-electron chi connectivity index (χ2n) is 1.70. The predicted molar refractivity (Wildman–Crippen MR) is 23.3 cm³/mol. The highest BCUT2D eigenvalue weighted by atomic mass is 19.3. The highest BCUT2D eigenvalue weighted by molar-refractivity contribution is 5.29. The van der Waals surface area contributed by atoms with Crippen molar-refractivity contribution in [2.75, 3.05) is 0 Å². The third-order valence-electron chi connectivity index (χ3n) is 1.11. The van der Waals surface area contributed by atoms with Crippen LogP contribution in [0.1, 0.15) is 13.3 Å². The van der Waals surface area contributed by atoms with Gasteiger partial charge in [0.05, 0.1) is 0 Å². The van der Waals surface area contributed by atoms with Crippen LogP contribution in [-0.4, -0.2) is 5.92 Å². The van der Waals surface area contributed by atoms with Gasteiger partial charge in [-0.2, -0.15) is 0 Å². The summed E-state index contributed by atoms with van der Waals surface area (Å²) >= 11 is 0. The number of alkyl halides is 2. The molecule has 0 aromatic heterocycles. The van der Waals surface area contributed by atoms with Crippen LogP contribution in [0.5, 0.6) is 0 Å². The van der Waals surface area contributed by atoms with Crippen LogP contribution >= 0.6 is 0 Å². The lowest BCUT2D eigenvalue weighted by Gasteiger charge is -1.79. The van der Waals surface area contributed by atoms with Gasteiger partial charge in [-0.3, -0.25) is 0 Å². The maximum atomic E-state index is 11.7. The molecule has 0 spiro atoms. The summed E-state index contributed by atoms with van der Waals surface area (Å²) in [5.74, 6) is -2.42. The molecule has 0 aliphatic heterocycles. The Morgan fingerprint density at radius 3 is 2.14 bits per heavy atom. The third-order valence-corrected chi connectivity index (χ3v) is 1.11. The molecule has 0 heterocycles. The maximum Gasteiger partial charge on any atom is 0.273 e. The highest BCUT2D eigenvalue weighted by Crippen LogP contribution is 2.47. The van der Waals surface area contributed by atoms with Gasteiger partial charge in [-0.1, -0.05) is 6.08 Å². The molecule has 0 bridgehead atoms. The zero-order valence-corrected chi connectivity index (χ0v) is 4.04. The minimum Gasteiger partial charge on any atom is -0.201 e. The number of hydrogen-bond donors (Lipinski definition) is 0. The molecule has 1 rings (SSSR count). The van der Waals surface area contributed by atoms with E-state index in [0.717, 1.165) is 0 Å². The second-order valence-corrected chi connectivity index (χ2v) is 1.70. The molecule has 0 unspecified atom stereocenters. The predicted octanol–water partition coefficient (Wildman–Crippen LogP) is 1.97. The quantitative estimate of drug-likeness (QED) is 0.412. The van der Waals surface area contributed by atoms with E-state index in [9.17, 15) is 8.78 Å². The fourth-order valence-corrected chi connectivity index (χ4v) is 0.508. The Kier molecular flexibility index (Phi) is 0.716. The standard InChI is InChI=1S/C5H6F2/c1-2-4-3-5(4,6)7/h2H,3H2,1H3/b4-2-. The monoisotopic (exact) mass is 104 g/mol. The Hall–Kier alpha value is -0.400. The Morgan fingerprint density at radius 1 is 1.71 bits per heavy atom. The molecule has 7 heavy (non-hydrogen) atoms. The molecule has 0 nitrogen and oxygen atoms in total. The number of hydrogen-bond acceptors (Lipinski definition) is 0. The van der Waals surface area contributed by atoms with Crippen LogP contribution in [0.25, 0.3) is 0 Å². The average Bonchev–Trinajstić information content (AvgIpc) is 2.13.